The number of rotatable bonds is 1. The second-order valence-corrected chi connectivity index (χ2v) is 5.61. The molecule has 2 rings (SSSR count). The van der Waals surface area contributed by atoms with Crippen molar-refractivity contribution >= 4 is 64.5 Å². The normalized spacial score (nSPS) is 9.04. The molecule has 0 aliphatic rings. The first-order valence-corrected chi connectivity index (χ1v) is 7.95. The molecule has 150 valence electrons. The summed E-state index contributed by atoms with van der Waals surface area (Å²) in [6.07, 6.45) is 0.250. The molecule has 0 aromatic carbocycles. The third-order valence-electron chi connectivity index (χ3n) is 2.50. The van der Waals surface area contributed by atoms with Gasteiger partial charge in [-0.1, -0.05) is 34.8 Å². The number of hydrogen-bond acceptors (Lipinski definition) is 9. The number of nitrogen functional groups attached to an aromatic ring is 2. The SMILES string of the molecule is Cc1nc(Cl)c(Cl)nc1N.Cc1nc(N)c(C(=O)N=C(N)N)nc1Cl.O=C=O. The third-order valence-corrected chi connectivity index (χ3v) is 3.48. The molecular weight excluding hydrogens is 437 g/mol. The molecule has 8 N–H and O–H groups in total. The van der Waals surface area contributed by atoms with Gasteiger partial charge in [0.2, 0.25) is 0 Å². The second-order valence-electron chi connectivity index (χ2n) is 4.53. The Morgan fingerprint density at radius 2 is 1.36 bits per heavy atom. The average molecular weight is 451 g/mol. The molecule has 28 heavy (non-hydrogen) atoms. The lowest BCUT2D eigenvalue weighted by atomic mass is 10.3. The van der Waals surface area contributed by atoms with Gasteiger partial charge in [-0.2, -0.15) is 14.6 Å². The summed E-state index contributed by atoms with van der Waals surface area (Å²) in [5.41, 5.74) is 21.8. The van der Waals surface area contributed by atoms with Crippen LogP contribution in [0.25, 0.3) is 0 Å². The van der Waals surface area contributed by atoms with Gasteiger partial charge in [0.25, 0.3) is 0 Å². The minimum absolute atomic E-state index is 0.0631. The van der Waals surface area contributed by atoms with Crippen molar-refractivity contribution in [3.63, 3.8) is 0 Å². The summed E-state index contributed by atoms with van der Waals surface area (Å²) in [5, 5.41) is 0.413. The molecule has 0 spiro atoms. The van der Waals surface area contributed by atoms with Crippen molar-refractivity contribution in [1.29, 1.82) is 0 Å². The van der Waals surface area contributed by atoms with E-state index in [1.807, 2.05) is 0 Å². The van der Waals surface area contributed by atoms with Crippen molar-refractivity contribution in [1.82, 2.24) is 19.9 Å². The van der Waals surface area contributed by atoms with Gasteiger partial charge in [0, 0.05) is 0 Å². The van der Waals surface area contributed by atoms with Crippen molar-refractivity contribution in [3.05, 3.63) is 32.5 Å². The molecule has 15 heteroatoms. The largest absolute Gasteiger partial charge is 0.382 e. The van der Waals surface area contributed by atoms with E-state index in [0.29, 0.717) is 17.2 Å². The van der Waals surface area contributed by atoms with Gasteiger partial charge in [-0.15, -0.1) is 0 Å². The summed E-state index contributed by atoms with van der Waals surface area (Å²) in [7, 11) is 0. The summed E-state index contributed by atoms with van der Waals surface area (Å²) < 4.78 is 0. The van der Waals surface area contributed by atoms with E-state index in [0.717, 1.165) is 0 Å². The fourth-order valence-corrected chi connectivity index (χ4v) is 1.76. The van der Waals surface area contributed by atoms with Crippen LogP contribution in [0.5, 0.6) is 0 Å². The van der Waals surface area contributed by atoms with Gasteiger partial charge >= 0.3 is 12.1 Å². The maximum Gasteiger partial charge on any atom is 0.373 e. The minimum atomic E-state index is -0.776. The first kappa shape index (κ1) is 24.9. The Balaban J connectivity index is 0.000000483. The second kappa shape index (κ2) is 11.6. The van der Waals surface area contributed by atoms with Gasteiger partial charge in [-0.05, 0) is 13.8 Å². The molecule has 0 aliphatic heterocycles. The van der Waals surface area contributed by atoms with Gasteiger partial charge in [0.05, 0.1) is 11.4 Å². The first-order chi connectivity index (χ1) is 12.9. The maximum absolute atomic E-state index is 11.4. The average Bonchev–Trinajstić information content (AvgIpc) is 2.57. The number of aliphatic imine (C=N–C) groups is 1. The highest BCUT2D eigenvalue weighted by Gasteiger charge is 2.14. The molecule has 12 nitrogen and oxygen atoms in total. The Morgan fingerprint density at radius 1 is 0.857 bits per heavy atom. The molecule has 0 atom stereocenters. The Morgan fingerprint density at radius 3 is 1.82 bits per heavy atom. The van der Waals surface area contributed by atoms with Crippen LogP contribution in [0.1, 0.15) is 21.9 Å². The zero-order valence-corrected chi connectivity index (χ0v) is 16.7. The van der Waals surface area contributed by atoms with Gasteiger partial charge in [-0.25, -0.2) is 19.9 Å². The van der Waals surface area contributed by atoms with Gasteiger partial charge in [0.15, 0.2) is 32.9 Å². The molecule has 2 heterocycles. The molecule has 0 bridgehead atoms. The summed E-state index contributed by atoms with van der Waals surface area (Å²) in [6, 6.07) is 0. The van der Waals surface area contributed by atoms with Crippen LogP contribution in [0, 0.1) is 13.8 Å². The van der Waals surface area contributed by atoms with Crippen LogP contribution in [-0.2, 0) is 9.59 Å². The topological polar surface area (TPSA) is 219 Å². The number of carbonyl (C=O) groups is 1. The van der Waals surface area contributed by atoms with Crippen LogP contribution in [0.2, 0.25) is 15.5 Å². The van der Waals surface area contributed by atoms with E-state index in [4.69, 9.17) is 67.3 Å². The summed E-state index contributed by atoms with van der Waals surface area (Å²) in [4.78, 5) is 46.0. The summed E-state index contributed by atoms with van der Waals surface area (Å²) in [5.74, 6) is -0.902. The zero-order chi connectivity index (χ0) is 22.0. The Bertz CT molecular complexity index is 877. The zero-order valence-electron chi connectivity index (χ0n) is 14.4. The number of aryl methyl sites for hydroxylation is 2. The van der Waals surface area contributed by atoms with E-state index < -0.39 is 5.91 Å². The molecule has 0 fully saturated rings. The van der Waals surface area contributed by atoms with Crippen molar-refractivity contribution < 1.29 is 14.4 Å². The molecule has 2 aromatic rings. The van der Waals surface area contributed by atoms with E-state index in [1.54, 1.807) is 13.8 Å². The van der Waals surface area contributed by atoms with E-state index in [-0.39, 0.29) is 39.1 Å². The molecule has 0 aliphatic carbocycles. The van der Waals surface area contributed by atoms with Gasteiger partial charge in [0.1, 0.15) is 5.82 Å². The molecule has 0 unspecified atom stereocenters. The molecule has 2 aromatic heterocycles. The smallest absolute Gasteiger partial charge is 0.373 e. The van der Waals surface area contributed by atoms with Crippen LogP contribution in [-0.4, -0.2) is 38.0 Å². The van der Waals surface area contributed by atoms with Crippen LogP contribution in [0.4, 0.5) is 11.6 Å². The van der Waals surface area contributed by atoms with E-state index >= 15 is 0 Å². The Kier molecular flexibility index (Phi) is 10.4. The van der Waals surface area contributed by atoms with E-state index in [9.17, 15) is 4.79 Å². The van der Waals surface area contributed by atoms with Crippen molar-refractivity contribution in [2.45, 2.75) is 13.8 Å². The molecule has 0 saturated carbocycles. The van der Waals surface area contributed by atoms with Crippen LogP contribution in [0.3, 0.4) is 0 Å². The fourth-order valence-electron chi connectivity index (χ4n) is 1.33. The molecule has 0 saturated heterocycles. The van der Waals surface area contributed by atoms with Crippen molar-refractivity contribution in [2.75, 3.05) is 11.5 Å². The molecular formula is C13H14Cl3N9O3. The highest BCUT2D eigenvalue weighted by atomic mass is 35.5. The van der Waals surface area contributed by atoms with E-state index in [2.05, 4.69) is 24.9 Å². The third kappa shape index (κ3) is 8.10. The lowest BCUT2D eigenvalue weighted by molar-refractivity contribution is -0.191. The predicted molar refractivity (Wildman–Crippen MR) is 103 cm³/mol. The highest BCUT2D eigenvalue weighted by Crippen LogP contribution is 2.19. The van der Waals surface area contributed by atoms with Crippen LogP contribution in [0.15, 0.2) is 4.99 Å². The summed E-state index contributed by atoms with van der Waals surface area (Å²) >= 11 is 16.7. The van der Waals surface area contributed by atoms with Crippen molar-refractivity contribution in [2.24, 2.45) is 16.5 Å². The number of aromatic nitrogens is 4. The standard InChI is InChI=1S/C7H9ClN6O.C5H5Cl2N3.CO2/c1-2-4(8)13-3(5(9)12-2)6(15)14-7(10)11;1-2-5(8)10-4(7)3(6)9-2;2-1-3/h1H3,(H2,9,12)(H4,10,11,14,15);1H3,(H2,8,10);. The fraction of sp³-hybridized carbons (Fsp3) is 0.154. The number of nitrogens with zero attached hydrogens (tertiary/aromatic N) is 5. The number of anilines is 2. The number of hydrogen-bond donors (Lipinski definition) is 4. The number of amides is 1. The number of halogens is 3. The quantitative estimate of drug-likeness (QED) is 0.346. The molecule has 1 amide bonds. The predicted octanol–water partition coefficient (Wildman–Crippen LogP) is 0.525. The van der Waals surface area contributed by atoms with Crippen LogP contribution >= 0.6 is 34.8 Å². The summed E-state index contributed by atoms with van der Waals surface area (Å²) in [6.45, 7) is 3.32. The lowest BCUT2D eigenvalue weighted by Gasteiger charge is -2.02. The first-order valence-electron chi connectivity index (χ1n) is 6.82. The number of nitrogens with two attached hydrogens (primary N) is 4. The Labute approximate surface area is 173 Å². The highest BCUT2D eigenvalue weighted by molar-refractivity contribution is 6.40. The monoisotopic (exact) mass is 449 g/mol. The van der Waals surface area contributed by atoms with E-state index in [1.165, 1.54) is 0 Å². The Hall–Kier alpha value is -3.05. The maximum atomic E-state index is 11.4. The minimum Gasteiger partial charge on any atom is -0.382 e. The number of carbonyl (C=O) groups excluding carboxylic acids is 3. The van der Waals surface area contributed by atoms with Gasteiger partial charge in [-0.3, -0.25) is 4.79 Å². The lowest BCUT2D eigenvalue weighted by Crippen LogP contribution is -2.24. The molecule has 0 radical (unpaired) electrons. The number of guanidine groups is 1. The van der Waals surface area contributed by atoms with Crippen molar-refractivity contribution in [3.8, 4) is 0 Å². The van der Waals surface area contributed by atoms with Gasteiger partial charge < -0.3 is 22.9 Å². The van der Waals surface area contributed by atoms with Crippen LogP contribution < -0.4 is 22.9 Å².